The van der Waals surface area contributed by atoms with E-state index in [9.17, 15) is 0 Å². The van der Waals surface area contributed by atoms with Gasteiger partial charge in [-0.25, -0.2) is 9.97 Å². The molecule has 0 aliphatic rings. The zero-order valence-corrected chi connectivity index (χ0v) is 12.7. The number of para-hydroxylation sites is 1. The van der Waals surface area contributed by atoms with E-state index < -0.39 is 0 Å². The second-order valence-electron chi connectivity index (χ2n) is 5.05. The van der Waals surface area contributed by atoms with Gasteiger partial charge in [0.15, 0.2) is 0 Å². The normalized spacial score (nSPS) is 11.0. The van der Waals surface area contributed by atoms with Crippen LogP contribution in [0.5, 0.6) is 5.75 Å². The van der Waals surface area contributed by atoms with Gasteiger partial charge in [-0.3, -0.25) is 0 Å². The first kappa shape index (κ1) is 13.5. The Morgan fingerprint density at radius 3 is 2.71 bits per heavy atom. The van der Waals surface area contributed by atoms with Crippen LogP contribution in [0.3, 0.4) is 0 Å². The standard InChI is InChI=1S/C15H19N5O/c1-10-8-16-13(19(10)2)9-17-15-18-14-11(20(15)3)6-5-7-12(14)21-4/h5-8H,9H2,1-4H3,(H,17,18). The van der Waals surface area contributed by atoms with Gasteiger partial charge in [0.1, 0.15) is 17.1 Å². The van der Waals surface area contributed by atoms with Gasteiger partial charge in [-0.05, 0) is 19.1 Å². The molecule has 0 unspecified atom stereocenters. The number of benzene rings is 1. The quantitative estimate of drug-likeness (QED) is 0.798. The van der Waals surface area contributed by atoms with Crippen LogP contribution in [0.4, 0.5) is 5.95 Å². The van der Waals surface area contributed by atoms with Crippen molar-refractivity contribution in [2.24, 2.45) is 14.1 Å². The minimum atomic E-state index is 0.629. The Morgan fingerprint density at radius 1 is 1.24 bits per heavy atom. The molecule has 2 aromatic heterocycles. The molecule has 0 saturated carbocycles. The maximum atomic E-state index is 5.36. The van der Waals surface area contributed by atoms with Gasteiger partial charge in [0, 0.05) is 26.0 Å². The Balaban J connectivity index is 1.91. The van der Waals surface area contributed by atoms with E-state index in [2.05, 4.69) is 19.9 Å². The monoisotopic (exact) mass is 285 g/mol. The first-order valence-corrected chi connectivity index (χ1v) is 6.82. The lowest BCUT2D eigenvalue weighted by atomic mass is 10.3. The molecule has 0 saturated heterocycles. The predicted octanol–water partition coefficient (Wildman–Crippen LogP) is 2.24. The summed E-state index contributed by atoms with van der Waals surface area (Å²) < 4.78 is 9.45. The first-order chi connectivity index (χ1) is 10.1. The number of aryl methyl sites for hydroxylation is 2. The molecule has 1 N–H and O–H groups in total. The smallest absolute Gasteiger partial charge is 0.204 e. The highest BCUT2D eigenvalue weighted by molar-refractivity contribution is 5.84. The second kappa shape index (κ2) is 5.12. The summed E-state index contributed by atoms with van der Waals surface area (Å²) >= 11 is 0. The summed E-state index contributed by atoms with van der Waals surface area (Å²) in [5.74, 6) is 2.56. The molecular weight excluding hydrogens is 266 g/mol. The van der Waals surface area contributed by atoms with Crippen LogP contribution in [0.2, 0.25) is 0 Å². The Hall–Kier alpha value is -2.50. The molecule has 110 valence electrons. The molecule has 0 fully saturated rings. The molecule has 2 heterocycles. The number of methoxy groups -OCH3 is 1. The van der Waals surface area contributed by atoms with Gasteiger partial charge in [0.2, 0.25) is 5.95 Å². The number of hydrogen-bond acceptors (Lipinski definition) is 4. The number of rotatable bonds is 4. The zero-order chi connectivity index (χ0) is 15.0. The van der Waals surface area contributed by atoms with Crippen molar-refractivity contribution in [2.75, 3.05) is 12.4 Å². The van der Waals surface area contributed by atoms with Crippen LogP contribution < -0.4 is 10.1 Å². The molecule has 0 aliphatic heterocycles. The van der Waals surface area contributed by atoms with E-state index in [0.717, 1.165) is 34.2 Å². The van der Waals surface area contributed by atoms with Gasteiger partial charge in [-0.2, -0.15) is 0 Å². The van der Waals surface area contributed by atoms with Gasteiger partial charge in [-0.1, -0.05) is 6.07 Å². The topological polar surface area (TPSA) is 56.9 Å². The maximum Gasteiger partial charge on any atom is 0.204 e. The van der Waals surface area contributed by atoms with E-state index in [0.29, 0.717) is 6.54 Å². The van der Waals surface area contributed by atoms with Gasteiger partial charge in [0.25, 0.3) is 0 Å². The van der Waals surface area contributed by atoms with E-state index in [1.807, 2.05) is 50.0 Å². The predicted molar refractivity (Wildman–Crippen MR) is 82.5 cm³/mol. The average Bonchev–Trinajstić information content (AvgIpc) is 2.99. The summed E-state index contributed by atoms with van der Waals surface area (Å²) in [6.07, 6.45) is 1.87. The van der Waals surface area contributed by atoms with Gasteiger partial charge in [-0.15, -0.1) is 0 Å². The molecule has 0 amide bonds. The van der Waals surface area contributed by atoms with Crippen LogP contribution in [-0.2, 0) is 20.6 Å². The van der Waals surface area contributed by atoms with Crippen molar-refractivity contribution < 1.29 is 4.74 Å². The van der Waals surface area contributed by atoms with Crippen LogP contribution in [0.15, 0.2) is 24.4 Å². The molecule has 0 spiro atoms. The summed E-state index contributed by atoms with van der Waals surface area (Å²) in [6, 6.07) is 5.91. The van der Waals surface area contributed by atoms with Crippen molar-refractivity contribution in [2.45, 2.75) is 13.5 Å². The Bertz CT molecular complexity index is 787. The van der Waals surface area contributed by atoms with E-state index in [-0.39, 0.29) is 0 Å². The van der Waals surface area contributed by atoms with Crippen LogP contribution in [0.1, 0.15) is 11.5 Å². The lowest BCUT2D eigenvalue weighted by Crippen LogP contribution is -2.09. The van der Waals surface area contributed by atoms with E-state index in [4.69, 9.17) is 4.74 Å². The number of aromatic nitrogens is 4. The number of nitrogens with one attached hydrogen (secondary N) is 1. The molecule has 3 aromatic rings. The van der Waals surface area contributed by atoms with E-state index >= 15 is 0 Å². The molecule has 0 radical (unpaired) electrons. The average molecular weight is 285 g/mol. The number of imidazole rings is 2. The summed E-state index contributed by atoms with van der Waals surface area (Å²) in [4.78, 5) is 9.01. The number of ether oxygens (including phenoxy) is 1. The zero-order valence-electron chi connectivity index (χ0n) is 12.7. The molecule has 6 heteroatoms. The van der Waals surface area contributed by atoms with E-state index in [1.165, 1.54) is 0 Å². The highest BCUT2D eigenvalue weighted by atomic mass is 16.5. The fourth-order valence-electron chi connectivity index (χ4n) is 2.38. The second-order valence-corrected chi connectivity index (χ2v) is 5.05. The molecule has 0 aliphatic carbocycles. The number of anilines is 1. The summed E-state index contributed by atoms with van der Waals surface area (Å²) in [5.41, 5.74) is 3.03. The highest BCUT2D eigenvalue weighted by Gasteiger charge is 2.12. The molecule has 0 atom stereocenters. The highest BCUT2D eigenvalue weighted by Crippen LogP contribution is 2.26. The van der Waals surface area contributed by atoms with Crippen molar-refractivity contribution in [3.63, 3.8) is 0 Å². The molecule has 0 bridgehead atoms. The van der Waals surface area contributed by atoms with Gasteiger partial charge >= 0.3 is 0 Å². The summed E-state index contributed by atoms with van der Waals surface area (Å²) in [5, 5.41) is 3.34. The van der Waals surface area contributed by atoms with Crippen molar-refractivity contribution in [3.05, 3.63) is 35.9 Å². The summed E-state index contributed by atoms with van der Waals surface area (Å²) in [7, 11) is 5.66. The van der Waals surface area contributed by atoms with Crippen LogP contribution in [0.25, 0.3) is 11.0 Å². The van der Waals surface area contributed by atoms with Gasteiger partial charge in [0.05, 0.1) is 19.2 Å². The van der Waals surface area contributed by atoms with Crippen molar-refractivity contribution in [1.29, 1.82) is 0 Å². The van der Waals surface area contributed by atoms with Crippen molar-refractivity contribution >= 4 is 17.0 Å². The number of nitrogens with zero attached hydrogens (tertiary/aromatic N) is 4. The largest absolute Gasteiger partial charge is 0.494 e. The third kappa shape index (κ3) is 2.22. The van der Waals surface area contributed by atoms with Gasteiger partial charge < -0.3 is 19.2 Å². The Kier molecular flexibility index (Phi) is 3.29. The van der Waals surface area contributed by atoms with Crippen molar-refractivity contribution in [3.8, 4) is 5.75 Å². The Morgan fingerprint density at radius 2 is 2.05 bits per heavy atom. The number of hydrogen-bond donors (Lipinski definition) is 1. The maximum absolute atomic E-state index is 5.36. The molecule has 3 rings (SSSR count). The van der Waals surface area contributed by atoms with Crippen LogP contribution in [0, 0.1) is 6.92 Å². The minimum absolute atomic E-state index is 0.629. The lowest BCUT2D eigenvalue weighted by Gasteiger charge is -2.06. The van der Waals surface area contributed by atoms with Crippen molar-refractivity contribution in [1.82, 2.24) is 19.1 Å². The number of fused-ring (bicyclic) bond motifs is 1. The lowest BCUT2D eigenvalue weighted by molar-refractivity contribution is 0.419. The summed E-state index contributed by atoms with van der Waals surface area (Å²) in [6.45, 7) is 2.67. The van der Waals surface area contributed by atoms with E-state index in [1.54, 1.807) is 7.11 Å². The SMILES string of the molecule is COc1cccc2c1nc(NCc1ncc(C)n1C)n2C. The fourth-order valence-corrected chi connectivity index (χ4v) is 2.38. The van der Waals surface area contributed by atoms with Crippen LogP contribution >= 0.6 is 0 Å². The minimum Gasteiger partial charge on any atom is -0.494 e. The van der Waals surface area contributed by atoms with Crippen LogP contribution in [-0.4, -0.2) is 26.2 Å². The first-order valence-electron chi connectivity index (χ1n) is 6.82. The fraction of sp³-hybridized carbons (Fsp3) is 0.333. The molecule has 21 heavy (non-hydrogen) atoms. The third-order valence-electron chi connectivity index (χ3n) is 3.82. The molecule has 1 aromatic carbocycles. The Labute approximate surface area is 123 Å². The molecular formula is C15H19N5O. The molecule has 6 nitrogen and oxygen atoms in total. The third-order valence-corrected chi connectivity index (χ3v) is 3.82.